The van der Waals surface area contributed by atoms with Crippen molar-refractivity contribution < 1.29 is 14.3 Å². The lowest BCUT2D eigenvalue weighted by molar-refractivity contribution is 0.161. The van der Waals surface area contributed by atoms with Crippen LogP contribution in [-0.2, 0) is 4.52 Å². The molecule has 0 heterocycles. The summed E-state index contributed by atoms with van der Waals surface area (Å²) in [6.45, 7) is 2.25. The van der Waals surface area contributed by atoms with Crippen LogP contribution in [0.25, 0.3) is 0 Å². The van der Waals surface area contributed by atoms with Crippen molar-refractivity contribution in [1.82, 2.24) is 0 Å². The molecule has 0 aliphatic rings. The Bertz CT molecular complexity index is 357. The number of rotatable bonds is 13. The van der Waals surface area contributed by atoms with Gasteiger partial charge in [-0.25, -0.2) is 0 Å². The molecule has 126 valence electrons. The van der Waals surface area contributed by atoms with Crippen LogP contribution in [0.3, 0.4) is 0 Å². The summed E-state index contributed by atoms with van der Waals surface area (Å²) in [4.78, 5) is 18.3. The maximum absolute atomic E-state index is 9.13. The summed E-state index contributed by atoms with van der Waals surface area (Å²) in [5, 5.41) is 0. The van der Waals surface area contributed by atoms with E-state index in [9.17, 15) is 0 Å². The monoisotopic (exact) mass is 326 g/mol. The van der Waals surface area contributed by atoms with Gasteiger partial charge < -0.3 is 14.3 Å². The molecule has 0 fully saturated rings. The second-order valence-corrected chi connectivity index (χ2v) is 6.59. The highest BCUT2D eigenvalue weighted by atomic mass is 31.2. The third kappa shape index (κ3) is 9.53. The van der Waals surface area contributed by atoms with Gasteiger partial charge in [0.1, 0.15) is 0 Å². The van der Waals surface area contributed by atoms with Gasteiger partial charge in [0, 0.05) is 0 Å². The molecule has 0 spiro atoms. The van der Waals surface area contributed by atoms with Crippen LogP contribution < -0.4 is 0 Å². The van der Waals surface area contributed by atoms with Crippen molar-refractivity contribution in [2.45, 2.75) is 77.2 Å². The van der Waals surface area contributed by atoms with E-state index in [-0.39, 0.29) is 6.10 Å². The van der Waals surface area contributed by atoms with E-state index < -0.39 is 8.60 Å². The molecule has 0 amide bonds. The standard InChI is InChI=1S/C18H31O3P/c1-2-3-4-5-6-7-8-9-13-16-18(21-22(19)20)17-14-11-10-12-15-17/h10-12,14-15,18-20H,2-9,13,16H2,1H3. The SMILES string of the molecule is CCCCCCCCCCCC(OP(O)O)c1ccccc1. The number of benzene rings is 1. The summed E-state index contributed by atoms with van der Waals surface area (Å²) in [6, 6.07) is 9.84. The molecule has 0 bridgehead atoms. The lowest BCUT2D eigenvalue weighted by Gasteiger charge is -2.18. The first-order valence-electron chi connectivity index (χ1n) is 8.63. The minimum Gasteiger partial charge on any atom is -0.328 e. The van der Waals surface area contributed by atoms with E-state index in [0.717, 1.165) is 18.4 Å². The van der Waals surface area contributed by atoms with E-state index in [1.165, 1.54) is 51.4 Å². The average molecular weight is 326 g/mol. The predicted octanol–water partition coefficient (Wildman–Crippen LogP) is 5.88. The van der Waals surface area contributed by atoms with Crippen LogP contribution in [0.1, 0.15) is 82.8 Å². The van der Waals surface area contributed by atoms with E-state index >= 15 is 0 Å². The van der Waals surface area contributed by atoms with Crippen molar-refractivity contribution in [3.63, 3.8) is 0 Å². The summed E-state index contributed by atoms with van der Waals surface area (Å²) in [5.74, 6) is 0. The molecule has 1 atom stereocenters. The zero-order chi connectivity index (χ0) is 16.0. The molecule has 3 nitrogen and oxygen atoms in total. The number of hydrogen-bond donors (Lipinski definition) is 2. The summed E-state index contributed by atoms with van der Waals surface area (Å²) in [5.41, 5.74) is 1.03. The van der Waals surface area contributed by atoms with Crippen molar-refractivity contribution in [3.05, 3.63) is 35.9 Å². The molecule has 0 radical (unpaired) electrons. The topological polar surface area (TPSA) is 49.7 Å². The van der Waals surface area contributed by atoms with Crippen molar-refractivity contribution in [1.29, 1.82) is 0 Å². The average Bonchev–Trinajstić information content (AvgIpc) is 2.52. The third-order valence-corrected chi connectivity index (χ3v) is 4.41. The molecule has 0 aromatic heterocycles. The van der Waals surface area contributed by atoms with E-state index in [0.29, 0.717) is 0 Å². The minimum absolute atomic E-state index is 0.202. The van der Waals surface area contributed by atoms with Crippen molar-refractivity contribution in [3.8, 4) is 0 Å². The highest BCUT2D eigenvalue weighted by molar-refractivity contribution is 7.39. The smallest absolute Gasteiger partial charge is 0.327 e. The van der Waals surface area contributed by atoms with E-state index in [1.54, 1.807) is 0 Å². The van der Waals surface area contributed by atoms with Crippen LogP contribution in [0, 0.1) is 0 Å². The van der Waals surface area contributed by atoms with Crippen LogP contribution in [0.4, 0.5) is 0 Å². The van der Waals surface area contributed by atoms with Gasteiger partial charge in [0.25, 0.3) is 0 Å². The molecule has 22 heavy (non-hydrogen) atoms. The molecule has 2 N–H and O–H groups in total. The van der Waals surface area contributed by atoms with Crippen molar-refractivity contribution in [2.24, 2.45) is 0 Å². The van der Waals surface area contributed by atoms with Gasteiger partial charge in [-0.05, 0) is 12.0 Å². The molecule has 1 aromatic rings. The highest BCUT2D eigenvalue weighted by Crippen LogP contribution is 2.37. The quantitative estimate of drug-likeness (QED) is 0.352. The van der Waals surface area contributed by atoms with Crippen LogP contribution in [-0.4, -0.2) is 9.79 Å². The molecular weight excluding hydrogens is 295 g/mol. The highest BCUT2D eigenvalue weighted by Gasteiger charge is 2.15. The summed E-state index contributed by atoms with van der Waals surface area (Å²) in [7, 11) is -2.30. The fraction of sp³-hybridized carbons (Fsp3) is 0.667. The van der Waals surface area contributed by atoms with E-state index in [4.69, 9.17) is 14.3 Å². The molecule has 0 aliphatic carbocycles. The van der Waals surface area contributed by atoms with Gasteiger partial charge in [-0.3, -0.25) is 0 Å². The first-order valence-corrected chi connectivity index (χ1v) is 9.80. The molecule has 4 heteroatoms. The minimum atomic E-state index is -2.30. The Labute approximate surface area is 136 Å². The zero-order valence-electron chi connectivity index (χ0n) is 13.8. The largest absolute Gasteiger partial charge is 0.328 e. The predicted molar refractivity (Wildman–Crippen MR) is 93.5 cm³/mol. The Balaban J connectivity index is 2.16. The fourth-order valence-corrected chi connectivity index (χ4v) is 3.16. The van der Waals surface area contributed by atoms with E-state index in [1.807, 2.05) is 30.3 Å². The summed E-state index contributed by atoms with van der Waals surface area (Å²) >= 11 is 0. The van der Waals surface area contributed by atoms with Crippen LogP contribution in [0.15, 0.2) is 30.3 Å². The van der Waals surface area contributed by atoms with Gasteiger partial charge in [-0.2, -0.15) is 0 Å². The summed E-state index contributed by atoms with van der Waals surface area (Å²) < 4.78 is 5.28. The lowest BCUT2D eigenvalue weighted by Crippen LogP contribution is -2.01. The van der Waals surface area contributed by atoms with Crippen LogP contribution >= 0.6 is 8.60 Å². The molecule has 0 aliphatic heterocycles. The Morgan fingerprint density at radius 1 is 0.864 bits per heavy atom. The normalized spacial score (nSPS) is 12.7. The van der Waals surface area contributed by atoms with Gasteiger partial charge in [0.15, 0.2) is 0 Å². The van der Waals surface area contributed by atoms with E-state index in [2.05, 4.69) is 6.92 Å². The fourth-order valence-electron chi connectivity index (χ4n) is 2.70. The molecule has 1 rings (SSSR count). The first-order chi connectivity index (χ1) is 10.7. The second-order valence-electron chi connectivity index (χ2n) is 5.87. The van der Waals surface area contributed by atoms with Gasteiger partial charge >= 0.3 is 8.60 Å². The van der Waals surface area contributed by atoms with Crippen LogP contribution in [0.2, 0.25) is 0 Å². The zero-order valence-corrected chi connectivity index (χ0v) is 14.7. The molecule has 1 aromatic carbocycles. The van der Waals surface area contributed by atoms with Gasteiger partial charge in [-0.1, -0.05) is 95.0 Å². The molecule has 0 saturated carbocycles. The van der Waals surface area contributed by atoms with Gasteiger partial charge in [0.2, 0.25) is 0 Å². The molecule has 0 saturated heterocycles. The van der Waals surface area contributed by atoms with Crippen LogP contribution in [0.5, 0.6) is 0 Å². The number of unbranched alkanes of at least 4 members (excludes halogenated alkanes) is 8. The Hall–Kier alpha value is -0.470. The van der Waals surface area contributed by atoms with Crippen molar-refractivity contribution in [2.75, 3.05) is 0 Å². The summed E-state index contributed by atoms with van der Waals surface area (Å²) in [6.07, 6.45) is 12.2. The maximum atomic E-state index is 9.13. The van der Waals surface area contributed by atoms with Crippen molar-refractivity contribution >= 4 is 8.60 Å². The van der Waals surface area contributed by atoms with Gasteiger partial charge in [-0.15, -0.1) is 0 Å². The Kier molecular flexibility index (Phi) is 11.6. The first kappa shape index (κ1) is 19.6. The number of hydrogen-bond acceptors (Lipinski definition) is 3. The Morgan fingerprint density at radius 2 is 1.41 bits per heavy atom. The molecule has 1 unspecified atom stereocenters. The second kappa shape index (κ2) is 13.0. The van der Waals surface area contributed by atoms with Gasteiger partial charge in [0.05, 0.1) is 6.10 Å². The maximum Gasteiger partial charge on any atom is 0.327 e. The lowest BCUT2D eigenvalue weighted by atomic mass is 10.0. The Morgan fingerprint density at radius 3 is 1.95 bits per heavy atom. The molecular formula is C18H31O3P. The third-order valence-electron chi connectivity index (χ3n) is 3.96.